The minimum absolute atomic E-state index is 0.0459. The van der Waals surface area contributed by atoms with Crippen molar-refractivity contribution in [2.45, 2.75) is 45.6 Å². The Labute approximate surface area is 216 Å². The summed E-state index contributed by atoms with van der Waals surface area (Å²) in [6.07, 6.45) is -0.389. The zero-order valence-electron chi connectivity index (χ0n) is 21.6. The molecule has 2 amide bonds. The number of nitrogens with two attached hydrogens (primary N) is 1. The standard InChI is InChI=1S/C27H35N5O5/c1-19-23-11-7-10-21(17-37-26(34)31-12-14-35-15-13-31)32(23)24(29-19)22(30-25(33)27(2,3)28)18-36-16-20-8-5-4-6-9-20/h4-11,22H,12-18,28H2,1-3H3,(H,30,33). The topological polar surface area (TPSA) is 120 Å². The lowest BCUT2D eigenvalue weighted by Crippen LogP contribution is -2.51. The van der Waals surface area contributed by atoms with E-state index in [1.54, 1.807) is 18.7 Å². The fourth-order valence-corrected chi connectivity index (χ4v) is 4.10. The lowest BCUT2D eigenvalue weighted by molar-refractivity contribution is -0.126. The minimum atomic E-state index is -1.09. The van der Waals surface area contributed by atoms with Crippen LogP contribution in [0.1, 0.15) is 42.7 Å². The van der Waals surface area contributed by atoms with Crippen LogP contribution in [0.2, 0.25) is 0 Å². The van der Waals surface area contributed by atoms with Crippen LogP contribution in [0.4, 0.5) is 4.79 Å². The van der Waals surface area contributed by atoms with Crippen molar-refractivity contribution < 1.29 is 23.8 Å². The number of carbonyl (C=O) groups excluding carboxylic acids is 2. The molecule has 2 aromatic heterocycles. The molecule has 1 aliphatic heterocycles. The molecule has 3 aromatic rings. The first-order valence-corrected chi connectivity index (χ1v) is 12.4. The van der Waals surface area contributed by atoms with Crippen LogP contribution in [-0.2, 0) is 32.2 Å². The number of fused-ring (bicyclic) bond motifs is 1. The van der Waals surface area contributed by atoms with Crippen molar-refractivity contribution >= 4 is 17.5 Å². The van der Waals surface area contributed by atoms with Gasteiger partial charge in [-0.15, -0.1) is 0 Å². The number of imidazole rings is 1. The molecule has 1 saturated heterocycles. The Hall–Kier alpha value is -3.47. The molecule has 1 atom stereocenters. The minimum Gasteiger partial charge on any atom is -0.443 e. The first-order valence-electron chi connectivity index (χ1n) is 12.4. The molecule has 0 radical (unpaired) electrons. The first-order chi connectivity index (χ1) is 17.7. The van der Waals surface area contributed by atoms with Crippen molar-refractivity contribution in [2.24, 2.45) is 5.73 Å². The van der Waals surface area contributed by atoms with E-state index >= 15 is 0 Å². The summed E-state index contributed by atoms with van der Waals surface area (Å²) in [5.41, 5.74) is 8.37. The van der Waals surface area contributed by atoms with Crippen molar-refractivity contribution in [3.8, 4) is 0 Å². The highest BCUT2D eigenvalue weighted by atomic mass is 16.6. The smallest absolute Gasteiger partial charge is 0.410 e. The Morgan fingerprint density at radius 1 is 1.11 bits per heavy atom. The van der Waals surface area contributed by atoms with E-state index in [9.17, 15) is 9.59 Å². The normalized spacial score (nSPS) is 15.0. The van der Waals surface area contributed by atoms with E-state index in [-0.39, 0.29) is 25.2 Å². The Bertz CT molecular complexity index is 1220. The highest BCUT2D eigenvalue weighted by Crippen LogP contribution is 2.23. The molecule has 10 nitrogen and oxygen atoms in total. The molecule has 0 saturated carbocycles. The average molecular weight is 510 g/mol. The number of rotatable bonds is 9. The van der Waals surface area contributed by atoms with Crippen molar-refractivity contribution in [3.05, 3.63) is 71.3 Å². The fourth-order valence-electron chi connectivity index (χ4n) is 4.10. The number of hydrogen-bond acceptors (Lipinski definition) is 7. The predicted molar refractivity (Wildman–Crippen MR) is 138 cm³/mol. The van der Waals surface area contributed by atoms with Gasteiger partial charge in [-0.25, -0.2) is 9.78 Å². The number of nitrogens with zero attached hydrogens (tertiary/aromatic N) is 3. The van der Waals surface area contributed by atoms with Gasteiger partial charge in [-0.3, -0.25) is 9.20 Å². The van der Waals surface area contributed by atoms with Crippen LogP contribution in [0.15, 0.2) is 48.5 Å². The lowest BCUT2D eigenvalue weighted by atomic mass is 10.1. The van der Waals surface area contributed by atoms with E-state index in [0.717, 1.165) is 22.5 Å². The van der Waals surface area contributed by atoms with Gasteiger partial charge in [0, 0.05) is 13.1 Å². The van der Waals surface area contributed by atoms with Crippen molar-refractivity contribution in [1.82, 2.24) is 19.6 Å². The van der Waals surface area contributed by atoms with Crippen molar-refractivity contribution in [1.29, 1.82) is 0 Å². The van der Waals surface area contributed by atoms with E-state index in [1.165, 1.54) is 0 Å². The highest BCUT2D eigenvalue weighted by molar-refractivity contribution is 5.85. The van der Waals surface area contributed by atoms with Crippen LogP contribution in [-0.4, -0.2) is 64.7 Å². The number of ether oxygens (including phenoxy) is 3. The summed E-state index contributed by atoms with van der Waals surface area (Å²) in [6, 6.07) is 14.9. The maximum atomic E-state index is 12.9. The van der Waals surface area contributed by atoms with Crippen LogP contribution in [0.3, 0.4) is 0 Å². The fraction of sp³-hybridized carbons (Fsp3) is 0.444. The van der Waals surface area contributed by atoms with Gasteiger partial charge in [0.05, 0.1) is 48.9 Å². The summed E-state index contributed by atoms with van der Waals surface area (Å²) in [7, 11) is 0. The van der Waals surface area contributed by atoms with Gasteiger partial charge in [-0.1, -0.05) is 36.4 Å². The SMILES string of the molecule is Cc1nc(C(COCc2ccccc2)NC(=O)C(C)(C)N)n2c(COC(=O)N3CCOCC3)cccc12. The molecule has 198 valence electrons. The highest BCUT2D eigenvalue weighted by Gasteiger charge is 2.29. The lowest BCUT2D eigenvalue weighted by Gasteiger charge is -2.26. The Morgan fingerprint density at radius 3 is 2.54 bits per heavy atom. The summed E-state index contributed by atoms with van der Waals surface area (Å²) >= 11 is 0. The Balaban J connectivity index is 1.59. The van der Waals surface area contributed by atoms with Gasteiger partial charge in [-0.2, -0.15) is 0 Å². The monoisotopic (exact) mass is 509 g/mol. The van der Waals surface area contributed by atoms with Crippen LogP contribution >= 0.6 is 0 Å². The molecule has 1 fully saturated rings. The van der Waals surface area contributed by atoms with Crippen molar-refractivity contribution in [3.63, 3.8) is 0 Å². The molecule has 0 spiro atoms. The molecule has 1 aromatic carbocycles. The quantitative estimate of drug-likeness (QED) is 0.455. The summed E-state index contributed by atoms with van der Waals surface area (Å²) in [4.78, 5) is 31.9. The second-order valence-corrected chi connectivity index (χ2v) is 9.70. The van der Waals surface area contributed by atoms with Gasteiger partial charge in [-0.05, 0) is 38.5 Å². The molecule has 3 N–H and O–H groups in total. The van der Waals surface area contributed by atoms with E-state index in [2.05, 4.69) is 5.32 Å². The molecule has 0 aliphatic carbocycles. The van der Waals surface area contributed by atoms with Gasteiger partial charge in [0.1, 0.15) is 18.5 Å². The molecule has 37 heavy (non-hydrogen) atoms. The van der Waals surface area contributed by atoms with Crippen LogP contribution in [0.5, 0.6) is 0 Å². The number of hydrogen-bond donors (Lipinski definition) is 2. The molecule has 3 heterocycles. The molecule has 1 aliphatic rings. The number of carbonyl (C=O) groups is 2. The molecule has 1 unspecified atom stereocenters. The van der Waals surface area contributed by atoms with Crippen LogP contribution in [0.25, 0.3) is 5.52 Å². The average Bonchev–Trinajstić information content (AvgIpc) is 3.24. The zero-order valence-corrected chi connectivity index (χ0v) is 21.6. The van der Waals surface area contributed by atoms with Crippen LogP contribution in [0, 0.1) is 6.92 Å². The zero-order chi connectivity index (χ0) is 26.4. The Morgan fingerprint density at radius 2 is 1.84 bits per heavy atom. The summed E-state index contributed by atoms with van der Waals surface area (Å²) in [5.74, 6) is 0.252. The third kappa shape index (κ3) is 6.65. The van der Waals surface area contributed by atoms with E-state index in [4.69, 9.17) is 24.9 Å². The number of pyridine rings is 1. The number of benzene rings is 1. The van der Waals surface area contributed by atoms with Gasteiger partial charge in [0.15, 0.2) is 0 Å². The maximum Gasteiger partial charge on any atom is 0.410 e. The second kappa shape index (κ2) is 11.7. The summed E-state index contributed by atoms with van der Waals surface area (Å²) < 4.78 is 18.9. The van der Waals surface area contributed by atoms with Gasteiger partial charge >= 0.3 is 6.09 Å². The molecular formula is C27H35N5O5. The number of aromatic nitrogens is 2. The first kappa shape index (κ1) is 26.6. The molecular weight excluding hydrogens is 474 g/mol. The number of nitrogens with one attached hydrogen (secondary N) is 1. The molecule has 0 bridgehead atoms. The predicted octanol–water partition coefficient (Wildman–Crippen LogP) is 2.72. The Kier molecular flexibility index (Phi) is 8.42. The third-order valence-corrected chi connectivity index (χ3v) is 6.16. The maximum absolute atomic E-state index is 12.9. The number of morpholine rings is 1. The number of aryl methyl sites for hydroxylation is 1. The van der Waals surface area contributed by atoms with E-state index in [1.807, 2.05) is 59.9 Å². The summed E-state index contributed by atoms with van der Waals surface area (Å²) in [6.45, 7) is 7.80. The van der Waals surface area contributed by atoms with Crippen LogP contribution < -0.4 is 11.1 Å². The second-order valence-electron chi connectivity index (χ2n) is 9.70. The van der Waals surface area contributed by atoms with E-state index in [0.29, 0.717) is 38.7 Å². The number of amides is 2. The largest absolute Gasteiger partial charge is 0.443 e. The van der Waals surface area contributed by atoms with Gasteiger partial charge < -0.3 is 30.2 Å². The molecule has 4 rings (SSSR count). The third-order valence-electron chi connectivity index (χ3n) is 6.16. The van der Waals surface area contributed by atoms with E-state index < -0.39 is 11.6 Å². The van der Waals surface area contributed by atoms with Gasteiger partial charge in [0.25, 0.3) is 0 Å². The molecule has 10 heteroatoms. The van der Waals surface area contributed by atoms with Gasteiger partial charge in [0.2, 0.25) is 5.91 Å². The van der Waals surface area contributed by atoms with Crippen molar-refractivity contribution in [2.75, 3.05) is 32.9 Å². The summed E-state index contributed by atoms with van der Waals surface area (Å²) in [5, 5.41) is 3.01.